The van der Waals surface area contributed by atoms with Gasteiger partial charge >= 0.3 is 0 Å². The summed E-state index contributed by atoms with van der Waals surface area (Å²) in [5.74, 6) is -1.16. The number of nitrogens with zero attached hydrogens (tertiary/aromatic N) is 3. The fourth-order valence-electron chi connectivity index (χ4n) is 4.15. The zero-order valence-electron chi connectivity index (χ0n) is 20.6. The zero-order chi connectivity index (χ0) is 26.9. The highest BCUT2D eigenvalue weighted by Crippen LogP contribution is 2.29. The van der Waals surface area contributed by atoms with E-state index < -0.39 is 29.4 Å². The van der Waals surface area contributed by atoms with E-state index >= 15 is 0 Å². The van der Waals surface area contributed by atoms with Crippen LogP contribution in [-0.4, -0.2) is 31.8 Å². The molecule has 3 aromatic heterocycles. The normalized spacial score (nSPS) is 11.9. The van der Waals surface area contributed by atoms with E-state index in [9.17, 15) is 22.8 Å². The monoisotopic (exact) mass is 527 g/mol. The van der Waals surface area contributed by atoms with Gasteiger partial charge in [-0.1, -0.05) is 23.7 Å². The third kappa shape index (κ3) is 5.91. The van der Waals surface area contributed by atoms with Crippen LogP contribution in [-0.2, 0) is 24.7 Å². The van der Waals surface area contributed by atoms with Crippen LogP contribution in [0.2, 0.25) is 5.02 Å². The van der Waals surface area contributed by atoms with Crippen molar-refractivity contribution in [2.75, 3.05) is 0 Å². The largest absolute Gasteiger partial charge is 0.328 e. The Morgan fingerprint density at radius 2 is 1.70 bits per heavy atom. The Morgan fingerprint density at radius 1 is 1.03 bits per heavy atom. The fourth-order valence-corrected chi connectivity index (χ4v) is 4.27. The number of alkyl halides is 3. The minimum Gasteiger partial charge on any atom is -0.328 e. The Bertz CT molecular complexity index is 1470. The van der Waals surface area contributed by atoms with E-state index in [0.29, 0.717) is 21.8 Å². The lowest BCUT2D eigenvalue weighted by Crippen LogP contribution is -2.26. The number of pyridine rings is 2. The third-order valence-electron chi connectivity index (χ3n) is 6.21. The molecule has 0 aliphatic carbocycles. The molecule has 9 heteroatoms. The quantitative estimate of drug-likeness (QED) is 0.222. The van der Waals surface area contributed by atoms with Gasteiger partial charge in [0.15, 0.2) is 17.2 Å². The topological polar surface area (TPSA) is 64.8 Å². The van der Waals surface area contributed by atoms with Crippen LogP contribution in [0, 0.1) is 0 Å². The lowest BCUT2D eigenvalue weighted by Gasteiger charge is -2.13. The third-order valence-corrected chi connectivity index (χ3v) is 6.47. The van der Waals surface area contributed by atoms with Crippen LogP contribution < -0.4 is 0 Å². The highest BCUT2D eigenvalue weighted by atomic mass is 35.5. The smallest absolute Gasteiger partial charge is 0.281 e. The molecule has 0 aliphatic heterocycles. The molecule has 5 nitrogen and oxygen atoms in total. The summed E-state index contributed by atoms with van der Waals surface area (Å²) in [5.41, 5.74) is 0.705. The summed E-state index contributed by atoms with van der Waals surface area (Å²) >= 11 is 5.99. The van der Waals surface area contributed by atoms with Crippen molar-refractivity contribution >= 4 is 34.2 Å². The van der Waals surface area contributed by atoms with Gasteiger partial charge in [0, 0.05) is 48.3 Å². The molecule has 4 rings (SSSR count). The average Bonchev–Trinajstić information content (AvgIpc) is 3.17. The molecule has 0 bridgehead atoms. The van der Waals surface area contributed by atoms with Crippen molar-refractivity contribution in [1.82, 2.24) is 14.5 Å². The molecule has 0 saturated carbocycles. The lowest BCUT2D eigenvalue weighted by molar-refractivity contribution is -0.128. The van der Waals surface area contributed by atoms with Crippen LogP contribution in [0.25, 0.3) is 22.3 Å². The maximum absolute atomic E-state index is 13.8. The van der Waals surface area contributed by atoms with Crippen molar-refractivity contribution in [3.63, 3.8) is 0 Å². The first kappa shape index (κ1) is 26.5. The van der Waals surface area contributed by atoms with E-state index in [1.54, 1.807) is 24.4 Å². The van der Waals surface area contributed by atoms with Crippen LogP contribution >= 0.6 is 11.6 Å². The number of halogens is 4. The molecular weight excluding hydrogens is 503 g/mol. The summed E-state index contributed by atoms with van der Waals surface area (Å²) in [7, 11) is 1.88. The first-order valence-electron chi connectivity index (χ1n) is 11.7. The zero-order valence-corrected chi connectivity index (χ0v) is 21.3. The van der Waals surface area contributed by atoms with Gasteiger partial charge in [-0.3, -0.25) is 14.6 Å². The van der Waals surface area contributed by atoms with Crippen molar-refractivity contribution < 1.29 is 22.8 Å². The molecule has 0 N–H and O–H groups in total. The summed E-state index contributed by atoms with van der Waals surface area (Å²) in [6, 6.07) is 12.5. The Kier molecular flexibility index (Phi) is 7.50. The van der Waals surface area contributed by atoms with Crippen molar-refractivity contribution in [1.29, 1.82) is 0 Å². The number of Topliss-reactive ketones (excluding diaryl/α,β-unsaturated/α-hetero) is 2. The number of carbonyl (C=O) groups excluding carboxylic acids is 2. The Morgan fingerprint density at radius 3 is 2.35 bits per heavy atom. The van der Waals surface area contributed by atoms with Crippen LogP contribution in [0.3, 0.4) is 0 Å². The van der Waals surface area contributed by atoms with E-state index in [0.717, 1.165) is 16.6 Å². The van der Waals surface area contributed by atoms with Crippen LogP contribution in [0.1, 0.15) is 53.9 Å². The second-order valence-electron chi connectivity index (χ2n) is 9.42. The molecule has 0 fully saturated rings. The highest BCUT2D eigenvalue weighted by molar-refractivity contribution is 6.30. The van der Waals surface area contributed by atoms with Crippen molar-refractivity contribution in [3.8, 4) is 11.3 Å². The molecule has 0 radical (unpaired) electrons. The van der Waals surface area contributed by atoms with Crippen molar-refractivity contribution in [2.24, 2.45) is 7.05 Å². The number of benzene rings is 1. The van der Waals surface area contributed by atoms with E-state index in [1.807, 2.05) is 29.8 Å². The molecule has 0 aliphatic rings. The van der Waals surface area contributed by atoms with E-state index in [1.165, 1.54) is 26.1 Å². The molecule has 192 valence electrons. The van der Waals surface area contributed by atoms with Gasteiger partial charge in [0.05, 0.1) is 5.69 Å². The maximum Gasteiger partial charge on any atom is 0.281 e. The Labute approximate surface area is 217 Å². The molecule has 4 aromatic rings. The van der Waals surface area contributed by atoms with Crippen LogP contribution in [0.5, 0.6) is 0 Å². The Balaban J connectivity index is 1.59. The lowest BCUT2D eigenvalue weighted by atomic mass is 9.96. The van der Waals surface area contributed by atoms with Gasteiger partial charge in [0.25, 0.3) is 6.43 Å². The van der Waals surface area contributed by atoms with Gasteiger partial charge in [-0.05, 0) is 67.3 Å². The molecular formula is C28H25ClF3N3O2. The van der Waals surface area contributed by atoms with Gasteiger partial charge in [0.1, 0.15) is 11.3 Å². The standard InChI is InChI=1S/C28H25ClF3N3O2/c1-28(2,32)24(37)9-4-16-11-21(25(26(30)31)33-14-16)23(36)12-17-10-19-13-22(35(3)27(19)34-15-17)18-5-7-20(29)8-6-18/h5-8,10-11,13-15,26H,4,9,12H2,1-3H3. The molecule has 0 unspecified atom stereocenters. The minimum absolute atomic E-state index is 0.0913. The van der Waals surface area contributed by atoms with Gasteiger partial charge in [0.2, 0.25) is 0 Å². The first-order chi connectivity index (χ1) is 17.4. The van der Waals surface area contributed by atoms with Crippen LogP contribution in [0.15, 0.2) is 54.9 Å². The maximum atomic E-state index is 13.8. The average molecular weight is 528 g/mol. The number of fused-ring (bicyclic) bond motifs is 1. The van der Waals surface area contributed by atoms with Crippen molar-refractivity contribution in [2.45, 2.75) is 45.2 Å². The SMILES string of the molecule is Cn1c(-c2ccc(Cl)cc2)cc2cc(CC(=O)c3cc(CCC(=O)C(C)(C)F)cnc3C(F)F)cnc21. The van der Waals surface area contributed by atoms with Gasteiger partial charge in [-0.15, -0.1) is 0 Å². The second kappa shape index (κ2) is 10.5. The number of aromatic nitrogens is 3. The predicted molar refractivity (Wildman–Crippen MR) is 137 cm³/mol. The number of hydrogen-bond acceptors (Lipinski definition) is 4. The van der Waals surface area contributed by atoms with E-state index in [2.05, 4.69) is 9.97 Å². The highest BCUT2D eigenvalue weighted by Gasteiger charge is 2.26. The fraction of sp³-hybridized carbons (Fsp3) is 0.286. The second-order valence-corrected chi connectivity index (χ2v) is 9.86. The number of hydrogen-bond donors (Lipinski definition) is 0. The number of carbonyl (C=O) groups is 2. The van der Waals surface area contributed by atoms with Crippen molar-refractivity contribution in [3.05, 3.63) is 82.3 Å². The first-order valence-corrected chi connectivity index (χ1v) is 12.0. The molecule has 0 amide bonds. The number of aryl methyl sites for hydroxylation is 2. The molecule has 0 atom stereocenters. The predicted octanol–water partition coefficient (Wildman–Crippen LogP) is 6.90. The van der Waals surface area contributed by atoms with Gasteiger partial charge < -0.3 is 4.57 Å². The molecule has 0 saturated heterocycles. The molecule has 1 aromatic carbocycles. The summed E-state index contributed by atoms with van der Waals surface area (Å²) in [4.78, 5) is 33.3. The van der Waals surface area contributed by atoms with E-state index in [4.69, 9.17) is 11.6 Å². The molecule has 0 spiro atoms. The summed E-state index contributed by atoms with van der Waals surface area (Å²) in [5, 5.41) is 1.42. The Hall–Kier alpha value is -3.52. The molecule has 3 heterocycles. The van der Waals surface area contributed by atoms with Gasteiger partial charge in [-0.2, -0.15) is 0 Å². The summed E-state index contributed by atoms with van der Waals surface area (Å²) < 4.78 is 43.0. The molecule has 37 heavy (non-hydrogen) atoms. The van der Waals surface area contributed by atoms with Crippen LogP contribution in [0.4, 0.5) is 13.2 Å². The minimum atomic E-state index is -2.95. The van der Waals surface area contributed by atoms with Gasteiger partial charge in [-0.25, -0.2) is 18.2 Å². The summed E-state index contributed by atoms with van der Waals surface area (Å²) in [6.07, 6.45) is -0.392. The van der Waals surface area contributed by atoms with E-state index in [-0.39, 0.29) is 24.8 Å². The summed E-state index contributed by atoms with van der Waals surface area (Å²) in [6.45, 7) is 2.33. The number of ketones is 2. The number of rotatable bonds is 9.